The number of hydrogen-bond acceptors (Lipinski definition) is 5. The van der Waals surface area contributed by atoms with Crippen LogP contribution >= 0.6 is 0 Å². The Balaban J connectivity index is 0.000000821. The number of hydrogen-bond donors (Lipinski definition) is 4. The van der Waals surface area contributed by atoms with E-state index in [1.165, 1.54) is 0 Å². The summed E-state index contributed by atoms with van der Waals surface area (Å²) in [5.41, 5.74) is 6.53. The van der Waals surface area contributed by atoms with Crippen molar-refractivity contribution in [2.75, 3.05) is 17.7 Å². The third kappa shape index (κ3) is 9.33. The molecule has 27 heavy (non-hydrogen) atoms. The van der Waals surface area contributed by atoms with Crippen LogP contribution in [-0.4, -0.2) is 40.8 Å². The quantitative estimate of drug-likeness (QED) is 0.522. The molecule has 0 unspecified atom stereocenters. The lowest BCUT2D eigenvalue weighted by molar-refractivity contribution is -0.192. The van der Waals surface area contributed by atoms with Crippen LogP contribution in [-0.2, 0) is 14.4 Å². The van der Waals surface area contributed by atoms with E-state index in [2.05, 4.69) is 5.32 Å². The van der Waals surface area contributed by atoms with Gasteiger partial charge in [0.2, 0.25) is 5.91 Å². The van der Waals surface area contributed by atoms with Crippen molar-refractivity contribution in [3.8, 4) is 5.75 Å². The number of amides is 1. The Morgan fingerprint density at radius 1 is 1.19 bits per heavy atom. The lowest BCUT2D eigenvalue weighted by atomic mass is 10.0. The number of alkyl halides is 3. The summed E-state index contributed by atoms with van der Waals surface area (Å²) in [4.78, 5) is 31.5. The molecule has 1 rings (SSSR count). The summed E-state index contributed by atoms with van der Waals surface area (Å²) in [5, 5.41) is 18.5. The number of carboxylic acids is 2. The number of ether oxygens (including phenoxy) is 1. The molecule has 0 saturated carbocycles. The molecule has 0 aliphatic heterocycles. The van der Waals surface area contributed by atoms with Gasteiger partial charge in [-0.25, -0.2) is 9.59 Å². The maximum Gasteiger partial charge on any atom is 0.490 e. The zero-order valence-corrected chi connectivity index (χ0v) is 14.7. The average Bonchev–Trinajstić information content (AvgIpc) is 2.54. The molecule has 0 saturated heterocycles. The highest BCUT2D eigenvalue weighted by atomic mass is 19.4. The molecule has 8 nitrogen and oxygen atoms in total. The van der Waals surface area contributed by atoms with Crippen LogP contribution in [0.5, 0.6) is 5.75 Å². The molecule has 0 spiro atoms. The Morgan fingerprint density at radius 2 is 1.70 bits per heavy atom. The highest BCUT2D eigenvalue weighted by molar-refractivity contribution is 5.94. The van der Waals surface area contributed by atoms with Crippen LogP contribution in [0.15, 0.2) is 18.2 Å². The Labute approximate surface area is 153 Å². The fraction of sp³-hybridized carbons (Fsp3) is 0.438. The van der Waals surface area contributed by atoms with Gasteiger partial charge in [0, 0.05) is 11.6 Å². The molecular formula is C16H21F3N2O6. The van der Waals surface area contributed by atoms with Crippen molar-refractivity contribution in [1.82, 2.24) is 0 Å². The van der Waals surface area contributed by atoms with Crippen LogP contribution in [0, 0.1) is 5.92 Å². The molecule has 1 aromatic rings. The SMILES string of the molecule is CCC(CC)C(=O)Nc1cc(N)ccc1OCC(=O)O.O=C(O)C(F)(F)F. The van der Waals surface area contributed by atoms with E-state index in [4.69, 9.17) is 25.5 Å². The van der Waals surface area contributed by atoms with Gasteiger partial charge in [0.1, 0.15) is 5.75 Å². The normalized spacial score (nSPS) is 10.6. The van der Waals surface area contributed by atoms with Gasteiger partial charge < -0.3 is 26.0 Å². The van der Waals surface area contributed by atoms with E-state index >= 15 is 0 Å². The summed E-state index contributed by atoms with van der Waals surface area (Å²) in [7, 11) is 0. The minimum atomic E-state index is -5.08. The van der Waals surface area contributed by atoms with E-state index in [1.54, 1.807) is 18.2 Å². The fourth-order valence-corrected chi connectivity index (χ4v) is 1.80. The number of carbonyl (C=O) groups excluding carboxylic acids is 1. The first-order valence-corrected chi connectivity index (χ1v) is 7.77. The number of nitrogen functional groups attached to an aromatic ring is 1. The van der Waals surface area contributed by atoms with E-state index in [-0.39, 0.29) is 11.8 Å². The minimum Gasteiger partial charge on any atom is -0.480 e. The molecule has 1 aromatic carbocycles. The summed E-state index contributed by atoms with van der Waals surface area (Å²) in [5.74, 6) is -3.77. The van der Waals surface area contributed by atoms with E-state index in [9.17, 15) is 22.8 Å². The molecule has 11 heteroatoms. The van der Waals surface area contributed by atoms with Crippen molar-refractivity contribution in [3.63, 3.8) is 0 Å². The highest BCUT2D eigenvalue weighted by Gasteiger charge is 2.38. The highest BCUT2D eigenvalue weighted by Crippen LogP contribution is 2.28. The van der Waals surface area contributed by atoms with E-state index in [1.807, 2.05) is 13.8 Å². The second kappa shape index (κ2) is 10.9. The molecule has 0 aliphatic carbocycles. The van der Waals surface area contributed by atoms with Crippen LogP contribution in [0.1, 0.15) is 26.7 Å². The van der Waals surface area contributed by atoms with Gasteiger partial charge in [0.15, 0.2) is 6.61 Å². The Hall–Kier alpha value is -2.98. The molecule has 0 aliphatic rings. The predicted molar refractivity (Wildman–Crippen MR) is 90.4 cm³/mol. The topological polar surface area (TPSA) is 139 Å². The Morgan fingerprint density at radius 3 is 2.11 bits per heavy atom. The number of carboxylic acid groups (broad SMARTS) is 2. The maximum absolute atomic E-state index is 12.1. The fourth-order valence-electron chi connectivity index (χ4n) is 1.80. The first-order valence-electron chi connectivity index (χ1n) is 7.77. The van der Waals surface area contributed by atoms with Crippen LogP contribution in [0.4, 0.5) is 24.5 Å². The summed E-state index contributed by atoms with van der Waals surface area (Å²) in [6, 6.07) is 4.68. The van der Waals surface area contributed by atoms with Crippen LogP contribution in [0.3, 0.4) is 0 Å². The molecule has 0 atom stereocenters. The zero-order valence-electron chi connectivity index (χ0n) is 14.7. The Kier molecular flexibility index (Phi) is 9.69. The van der Waals surface area contributed by atoms with E-state index in [0.717, 1.165) is 12.8 Å². The third-order valence-corrected chi connectivity index (χ3v) is 3.21. The lowest BCUT2D eigenvalue weighted by Gasteiger charge is -2.16. The molecule has 0 bridgehead atoms. The molecule has 0 aromatic heterocycles. The zero-order chi connectivity index (χ0) is 21.2. The minimum absolute atomic E-state index is 0.0937. The van der Waals surface area contributed by atoms with E-state index in [0.29, 0.717) is 17.1 Å². The van der Waals surface area contributed by atoms with Gasteiger partial charge in [0.25, 0.3) is 0 Å². The summed E-state index contributed by atoms with van der Waals surface area (Å²) in [6.45, 7) is 3.40. The number of benzene rings is 1. The van der Waals surface area contributed by atoms with Gasteiger partial charge in [0.05, 0.1) is 5.69 Å². The number of anilines is 2. The van der Waals surface area contributed by atoms with Crippen molar-refractivity contribution in [2.24, 2.45) is 5.92 Å². The smallest absolute Gasteiger partial charge is 0.480 e. The first kappa shape index (κ1) is 24.0. The standard InChI is InChI=1S/C14H20N2O4.C2HF3O2/c1-3-9(4-2)14(19)16-11-7-10(15)5-6-12(11)20-8-13(17)18;3-2(4,5)1(6)7/h5-7,9H,3-4,8,15H2,1-2H3,(H,16,19)(H,17,18);(H,6,7). The van der Waals surface area contributed by atoms with Gasteiger partial charge in [-0.3, -0.25) is 4.79 Å². The summed E-state index contributed by atoms with van der Waals surface area (Å²) in [6.07, 6.45) is -3.62. The van der Waals surface area contributed by atoms with Gasteiger partial charge in [-0.2, -0.15) is 13.2 Å². The molecular weight excluding hydrogens is 373 g/mol. The second-order valence-electron chi connectivity index (χ2n) is 5.24. The van der Waals surface area contributed by atoms with Crippen molar-refractivity contribution < 1.29 is 42.5 Å². The number of nitrogens with two attached hydrogens (primary N) is 1. The van der Waals surface area contributed by atoms with Crippen molar-refractivity contribution in [2.45, 2.75) is 32.9 Å². The molecule has 5 N–H and O–H groups in total. The van der Waals surface area contributed by atoms with Crippen LogP contribution in [0.25, 0.3) is 0 Å². The Bertz CT molecular complexity index is 660. The monoisotopic (exact) mass is 394 g/mol. The number of halogens is 3. The molecule has 152 valence electrons. The number of nitrogens with one attached hydrogen (secondary N) is 1. The van der Waals surface area contributed by atoms with Crippen molar-refractivity contribution >= 4 is 29.2 Å². The molecule has 0 fully saturated rings. The van der Waals surface area contributed by atoms with Crippen molar-refractivity contribution in [1.29, 1.82) is 0 Å². The molecule has 0 heterocycles. The summed E-state index contributed by atoms with van der Waals surface area (Å²) >= 11 is 0. The van der Waals surface area contributed by atoms with Gasteiger partial charge in [-0.05, 0) is 31.0 Å². The van der Waals surface area contributed by atoms with Crippen molar-refractivity contribution in [3.05, 3.63) is 18.2 Å². The van der Waals surface area contributed by atoms with Crippen LogP contribution in [0.2, 0.25) is 0 Å². The van der Waals surface area contributed by atoms with Gasteiger partial charge >= 0.3 is 18.1 Å². The average molecular weight is 394 g/mol. The largest absolute Gasteiger partial charge is 0.490 e. The predicted octanol–water partition coefficient (Wildman–Crippen LogP) is 2.74. The first-order chi connectivity index (χ1) is 12.4. The third-order valence-electron chi connectivity index (χ3n) is 3.21. The maximum atomic E-state index is 12.1. The van der Waals surface area contributed by atoms with Gasteiger partial charge in [-0.1, -0.05) is 13.8 Å². The second-order valence-corrected chi connectivity index (χ2v) is 5.24. The lowest BCUT2D eigenvalue weighted by Crippen LogP contribution is -2.22. The van der Waals surface area contributed by atoms with Gasteiger partial charge in [-0.15, -0.1) is 0 Å². The molecule has 0 radical (unpaired) electrons. The van der Waals surface area contributed by atoms with Crippen LogP contribution < -0.4 is 15.8 Å². The number of rotatable bonds is 7. The van der Waals surface area contributed by atoms with E-state index < -0.39 is 24.7 Å². The number of aliphatic carboxylic acids is 2. The summed E-state index contributed by atoms with van der Waals surface area (Å²) < 4.78 is 36.9. The molecule has 1 amide bonds. The number of carbonyl (C=O) groups is 3.